The Kier molecular flexibility index (Phi) is 2.73. The molecular weight excluding hydrogens is 521 g/mol. The van der Waals surface area contributed by atoms with Gasteiger partial charge in [-0.15, -0.1) is 35.9 Å². The monoisotopic (exact) mass is 560 g/mol. The van der Waals surface area contributed by atoms with Crippen molar-refractivity contribution >= 4 is 11.0 Å². The van der Waals surface area contributed by atoms with E-state index in [-0.39, 0.29) is 31.4 Å². The van der Waals surface area contributed by atoms with Crippen LogP contribution in [0.1, 0.15) is 69.5 Å². The number of hydrogen-bond acceptors (Lipinski definition) is 1. The van der Waals surface area contributed by atoms with Crippen molar-refractivity contribution in [2.75, 3.05) is 0 Å². The Morgan fingerprint density at radius 1 is 0.893 bits per heavy atom. The molecule has 4 aromatic rings. The van der Waals surface area contributed by atoms with E-state index in [1.54, 1.807) is 48.5 Å². The minimum atomic E-state index is -3.51. The second-order valence-electron chi connectivity index (χ2n) is 5.99. The molecule has 0 bridgehead atoms. The van der Waals surface area contributed by atoms with Gasteiger partial charge >= 0.3 is 0 Å². The van der Waals surface area contributed by atoms with Gasteiger partial charge in [0.05, 0.1) is 16.9 Å². The molecule has 0 spiro atoms. The molecule has 4 rings (SSSR count). The largest absolute Gasteiger partial charge is 0.333 e. The number of imidazole rings is 1. The summed E-state index contributed by atoms with van der Waals surface area (Å²) in [6.45, 7) is -14.0. The fourth-order valence-corrected chi connectivity index (χ4v) is 3.15. The fraction of sp³-hybridized carbons (Fsp3) is 0.240. The van der Waals surface area contributed by atoms with Crippen LogP contribution in [0.15, 0.2) is 66.7 Å². The number of benzene rings is 3. The summed E-state index contributed by atoms with van der Waals surface area (Å²) in [6, 6.07) is 19.0. The van der Waals surface area contributed by atoms with Crippen molar-refractivity contribution in [3.8, 4) is 17.1 Å². The number of para-hydroxylation sites is 3. The maximum absolute atomic E-state index is 9.00. The first-order chi connectivity index (χ1) is 18.7. The average molecular weight is 560 g/mol. The van der Waals surface area contributed by atoms with Gasteiger partial charge in [-0.3, -0.25) is 4.98 Å². The van der Waals surface area contributed by atoms with Crippen LogP contribution in [0.5, 0.6) is 0 Å². The molecule has 28 heavy (non-hydrogen) atoms. The third-order valence-corrected chi connectivity index (χ3v) is 4.31. The van der Waals surface area contributed by atoms with Crippen molar-refractivity contribution in [3.05, 3.63) is 83.9 Å². The van der Waals surface area contributed by atoms with Gasteiger partial charge in [0, 0.05) is 45.0 Å². The summed E-state index contributed by atoms with van der Waals surface area (Å²) in [5.41, 5.74) is -1.09. The van der Waals surface area contributed by atoms with Crippen LogP contribution in [0.25, 0.3) is 28.1 Å². The van der Waals surface area contributed by atoms with Gasteiger partial charge in [0.2, 0.25) is 0 Å². The molecule has 145 valence electrons. The third-order valence-electron chi connectivity index (χ3n) is 4.31. The Bertz CT molecular complexity index is 1480. The summed E-state index contributed by atoms with van der Waals surface area (Å²) in [4.78, 5) is 4.60. The van der Waals surface area contributed by atoms with E-state index in [1.165, 1.54) is 4.57 Å². The van der Waals surface area contributed by atoms with Gasteiger partial charge < -0.3 is 4.57 Å². The van der Waals surface area contributed by atoms with Crippen molar-refractivity contribution in [3.63, 3.8) is 0 Å². The molecule has 0 amide bonds. The molecule has 0 aliphatic heterocycles. The van der Waals surface area contributed by atoms with Crippen LogP contribution in [0.2, 0.25) is 0 Å². The van der Waals surface area contributed by atoms with Gasteiger partial charge in [-0.2, -0.15) is 0 Å². The van der Waals surface area contributed by atoms with E-state index in [0.717, 1.165) is 18.2 Å². The minimum absolute atomic E-state index is 0. The molecule has 0 N–H and O–H groups in total. The smallest absolute Gasteiger partial charge is 0.0774 e. The number of nitrogens with zero attached hydrogens (tertiary/aromatic N) is 2. The summed E-state index contributed by atoms with van der Waals surface area (Å²) >= 11 is 0. The Balaban J connectivity index is 0.00000484. The van der Waals surface area contributed by atoms with Crippen LogP contribution in [0.3, 0.4) is 0 Å². The second-order valence-corrected chi connectivity index (χ2v) is 5.99. The molecule has 1 radical (unpaired) electrons. The van der Waals surface area contributed by atoms with Gasteiger partial charge in [-0.1, -0.05) is 57.7 Å². The van der Waals surface area contributed by atoms with Crippen LogP contribution in [-0.4, -0.2) is 9.55 Å². The van der Waals surface area contributed by atoms with E-state index in [0.29, 0.717) is 11.1 Å². The topological polar surface area (TPSA) is 17.8 Å². The number of fused-ring (bicyclic) bond motifs is 1. The third kappa shape index (κ3) is 3.57. The van der Waals surface area contributed by atoms with Gasteiger partial charge in [-0.05, 0) is 35.0 Å². The van der Waals surface area contributed by atoms with Gasteiger partial charge in [0.15, 0.2) is 0 Å². The van der Waals surface area contributed by atoms with Crippen molar-refractivity contribution in [2.24, 2.45) is 0 Å². The first-order valence-corrected chi connectivity index (χ1v) is 8.27. The Labute approximate surface area is 200 Å². The minimum Gasteiger partial charge on any atom is -0.333 e. The van der Waals surface area contributed by atoms with Gasteiger partial charge in [0.1, 0.15) is 0 Å². The van der Waals surface area contributed by atoms with Crippen LogP contribution < -0.4 is 0 Å². The molecule has 3 heteroatoms. The van der Waals surface area contributed by atoms with Gasteiger partial charge in [-0.25, -0.2) is 0 Å². The number of aromatic nitrogens is 2. The molecule has 1 aromatic heterocycles. The normalized spacial score (nSPS) is 21.1. The molecular formula is C25H25IrN2-. The maximum Gasteiger partial charge on any atom is 0.0774 e. The van der Waals surface area contributed by atoms with E-state index in [4.69, 9.17) is 19.2 Å². The van der Waals surface area contributed by atoms with Crippen molar-refractivity contribution in [2.45, 2.75) is 39.2 Å². The van der Waals surface area contributed by atoms with Crippen LogP contribution in [0, 0.1) is 6.07 Å². The zero-order chi connectivity index (χ0) is 30.8. The second kappa shape index (κ2) is 8.43. The summed E-state index contributed by atoms with van der Waals surface area (Å²) in [5, 5.41) is 0. The van der Waals surface area contributed by atoms with E-state index < -0.39 is 56.0 Å². The zero-order valence-corrected chi connectivity index (χ0v) is 17.0. The van der Waals surface area contributed by atoms with E-state index in [9.17, 15) is 0 Å². The molecule has 0 saturated carbocycles. The summed E-state index contributed by atoms with van der Waals surface area (Å²) < 4.78 is 117. The van der Waals surface area contributed by atoms with E-state index >= 15 is 0 Å². The Morgan fingerprint density at radius 2 is 1.57 bits per heavy atom. The van der Waals surface area contributed by atoms with Crippen LogP contribution >= 0.6 is 0 Å². The number of rotatable bonds is 4. The average Bonchev–Trinajstić information content (AvgIpc) is 3.24. The standard InChI is InChI=1S/C25H25N2.Ir/c1-17(2)20-13-10-14-21(18(3)4)24(20)27-23-16-9-8-15-22(23)26-25(27)19-11-6-5-7-12-19;/h5-11,13-18H,1-4H3;/q-1;/i1D3,2D3,3D3,4D3,17D,18D;. The molecule has 0 aliphatic rings. The molecule has 0 fully saturated rings. The molecule has 0 unspecified atom stereocenters. The van der Waals surface area contributed by atoms with Crippen LogP contribution in [0.4, 0.5) is 0 Å². The Hall–Kier alpha value is -2.22. The molecule has 1 heterocycles. The molecule has 2 nitrogen and oxygen atoms in total. The summed E-state index contributed by atoms with van der Waals surface area (Å²) in [7, 11) is 0. The predicted octanol–water partition coefficient (Wildman–Crippen LogP) is 6.74. The van der Waals surface area contributed by atoms with Crippen LogP contribution in [-0.2, 0) is 20.1 Å². The Morgan fingerprint density at radius 3 is 2.21 bits per heavy atom. The van der Waals surface area contributed by atoms with Crippen molar-refractivity contribution in [1.82, 2.24) is 9.55 Å². The summed E-state index contributed by atoms with van der Waals surface area (Å²) in [5.74, 6) is -6.71. The van der Waals surface area contributed by atoms with Crippen molar-refractivity contribution in [1.29, 1.82) is 0 Å². The molecule has 3 aromatic carbocycles. The zero-order valence-electron chi connectivity index (χ0n) is 28.6. The van der Waals surface area contributed by atoms with E-state index in [1.807, 2.05) is 0 Å². The number of hydrogen-bond donors (Lipinski definition) is 0. The SMILES string of the molecule is [2H]C([2H])([2H])C([2H])(c1cccc(C([2H])(C([2H])([2H])[2H])C([2H])([2H])[2H])c1-n1c(-c2[c-]cccc2)nc2ccccc21)C([2H])([2H])[2H].[Ir]. The predicted molar refractivity (Wildman–Crippen MR) is 114 cm³/mol. The maximum atomic E-state index is 9.00. The molecule has 0 saturated heterocycles. The van der Waals surface area contributed by atoms with Crippen molar-refractivity contribution < 1.29 is 39.3 Å². The fourth-order valence-electron chi connectivity index (χ4n) is 3.15. The van der Waals surface area contributed by atoms with E-state index in [2.05, 4.69) is 11.1 Å². The molecule has 0 atom stereocenters. The quantitative estimate of drug-likeness (QED) is 0.253. The van der Waals surface area contributed by atoms with Gasteiger partial charge in [0.25, 0.3) is 0 Å². The molecule has 0 aliphatic carbocycles. The first kappa shape index (κ1) is 9.07. The first-order valence-electron chi connectivity index (χ1n) is 15.3. The summed E-state index contributed by atoms with van der Waals surface area (Å²) in [6.07, 6.45) is 0.